The minimum atomic E-state index is 0.724. The zero-order valence-electron chi connectivity index (χ0n) is 13.4. The number of nitrogens with one attached hydrogen (secondary N) is 1. The highest BCUT2D eigenvalue weighted by atomic mass is 32.1. The fourth-order valence-electron chi connectivity index (χ4n) is 2.92. The predicted molar refractivity (Wildman–Crippen MR) is 99.2 cm³/mol. The largest absolute Gasteiger partial charge is 0.497 e. The molecule has 0 aliphatic carbocycles. The second kappa shape index (κ2) is 7.47. The molecule has 23 heavy (non-hydrogen) atoms. The molecule has 0 spiro atoms. The third-order valence-electron chi connectivity index (χ3n) is 4.21. The van der Waals surface area contributed by atoms with Crippen molar-refractivity contribution in [1.82, 2.24) is 5.32 Å². The molecule has 0 fully saturated rings. The number of hydrogen-bond acceptors (Lipinski definition) is 2. The minimum absolute atomic E-state index is 0.724. The van der Waals surface area contributed by atoms with Crippen LogP contribution < -0.4 is 15.0 Å². The van der Waals surface area contributed by atoms with Gasteiger partial charge in [-0.25, -0.2) is 0 Å². The van der Waals surface area contributed by atoms with E-state index in [1.807, 2.05) is 12.1 Å². The van der Waals surface area contributed by atoms with Gasteiger partial charge in [0, 0.05) is 18.8 Å². The van der Waals surface area contributed by atoms with Crippen LogP contribution in [0.15, 0.2) is 48.5 Å². The second-order valence-corrected chi connectivity index (χ2v) is 6.13. The van der Waals surface area contributed by atoms with Crippen LogP contribution >= 0.6 is 12.2 Å². The zero-order chi connectivity index (χ0) is 16.1. The van der Waals surface area contributed by atoms with E-state index >= 15 is 0 Å². The van der Waals surface area contributed by atoms with Gasteiger partial charge in [0.05, 0.1) is 7.11 Å². The summed E-state index contributed by atoms with van der Waals surface area (Å²) in [5, 5.41) is 4.19. The Balaban J connectivity index is 1.67. The molecule has 2 aromatic carbocycles. The van der Waals surface area contributed by atoms with Crippen molar-refractivity contribution < 1.29 is 4.74 Å². The van der Waals surface area contributed by atoms with Crippen LogP contribution in [0.25, 0.3) is 0 Å². The number of anilines is 1. The van der Waals surface area contributed by atoms with Gasteiger partial charge in [-0.3, -0.25) is 0 Å². The molecule has 1 N–H and O–H groups in total. The number of nitrogens with zero attached hydrogens (tertiary/aromatic N) is 1. The SMILES string of the molecule is COc1ccc(CNC(=S)N2CCCCc3ccccc32)cc1. The second-order valence-electron chi connectivity index (χ2n) is 5.74. The fraction of sp³-hybridized carbons (Fsp3) is 0.316. The lowest BCUT2D eigenvalue weighted by molar-refractivity contribution is 0.414. The first-order chi connectivity index (χ1) is 11.3. The number of rotatable bonds is 3. The number of benzene rings is 2. The summed E-state index contributed by atoms with van der Waals surface area (Å²) in [5.41, 5.74) is 3.83. The molecule has 3 nitrogen and oxygen atoms in total. The standard InChI is InChI=1S/C19H22N2OS/c1-22-17-11-9-15(10-12-17)14-20-19(23)21-13-5-4-7-16-6-2-3-8-18(16)21/h2-3,6,8-12H,4-5,7,13-14H2,1H3,(H,20,23). The van der Waals surface area contributed by atoms with Gasteiger partial charge >= 0.3 is 0 Å². The van der Waals surface area contributed by atoms with Gasteiger partial charge in [-0.2, -0.15) is 0 Å². The first-order valence-corrected chi connectivity index (χ1v) is 8.45. The smallest absolute Gasteiger partial charge is 0.173 e. The van der Waals surface area contributed by atoms with E-state index in [2.05, 4.69) is 46.6 Å². The molecule has 120 valence electrons. The van der Waals surface area contributed by atoms with Crippen molar-refractivity contribution in [2.75, 3.05) is 18.6 Å². The van der Waals surface area contributed by atoms with Crippen molar-refractivity contribution >= 4 is 23.0 Å². The lowest BCUT2D eigenvalue weighted by Gasteiger charge is -2.26. The van der Waals surface area contributed by atoms with Gasteiger partial charge in [0.15, 0.2) is 5.11 Å². The van der Waals surface area contributed by atoms with Crippen LogP contribution in [-0.4, -0.2) is 18.8 Å². The van der Waals surface area contributed by atoms with Crippen LogP contribution in [0.4, 0.5) is 5.69 Å². The maximum atomic E-state index is 5.65. The Morgan fingerprint density at radius 3 is 2.70 bits per heavy atom. The molecular weight excluding hydrogens is 304 g/mol. The monoisotopic (exact) mass is 326 g/mol. The van der Waals surface area contributed by atoms with Crippen molar-refractivity contribution in [3.05, 3.63) is 59.7 Å². The summed E-state index contributed by atoms with van der Waals surface area (Å²) in [7, 11) is 1.68. The first-order valence-electron chi connectivity index (χ1n) is 8.04. The summed E-state index contributed by atoms with van der Waals surface area (Å²) >= 11 is 5.65. The van der Waals surface area contributed by atoms with Crippen LogP contribution in [-0.2, 0) is 13.0 Å². The molecule has 2 aromatic rings. The molecule has 0 saturated heterocycles. The number of thiocarbonyl (C=S) groups is 1. The molecule has 0 saturated carbocycles. The molecule has 0 aromatic heterocycles. The van der Waals surface area contributed by atoms with E-state index in [0.717, 1.165) is 30.4 Å². The highest BCUT2D eigenvalue weighted by Crippen LogP contribution is 2.26. The summed E-state index contributed by atoms with van der Waals surface area (Å²) in [6.45, 7) is 1.70. The van der Waals surface area contributed by atoms with Crippen molar-refractivity contribution in [3.8, 4) is 5.75 Å². The maximum absolute atomic E-state index is 5.65. The topological polar surface area (TPSA) is 24.5 Å². The third kappa shape index (κ3) is 3.82. The van der Waals surface area contributed by atoms with E-state index in [-0.39, 0.29) is 0 Å². The van der Waals surface area contributed by atoms with Crippen molar-refractivity contribution in [1.29, 1.82) is 0 Å². The molecule has 0 unspecified atom stereocenters. The van der Waals surface area contributed by atoms with E-state index in [0.29, 0.717) is 0 Å². The van der Waals surface area contributed by atoms with E-state index in [9.17, 15) is 0 Å². The molecule has 1 aliphatic rings. The molecule has 3 rings (SSSR count). The molecule has 4 heteroatoms. The summed E-state index contributed by atoms with van der Waals surface area (Å²) in [6, 6.07) is 16.6. The van der Waals surface area contributed by atoms with E-state index in [1.165, 1.54) is 29.7 Å². The molecule has 0 radical (unpaired) electrons. The summed E-state index contributed by atoms with van der Waals surface area (Å²) in [5.74, 6) is 0.873. The van der Waals surface area contributed by atoms with Gasteiger partial charge in [-0.15, -0.1) is 0 Å². The normalized spacial score (nSPS) is 13.9. The van der Waals surface area contributed by atoms with Crippen LogP contribution in [0.3, 0.4) is 0 Å². The van der Waals surface area contributed by atoms with Crippen molar-refractivity contribution in [2.45, 2.75) is 25.8 Å². The lowest BCUT2D eigenvalue weighted by Crippen LogP contribution is -2.40. The Bertz CT molecular complexity index is 669. The fourth-order valence-corrected chi connectivity index (χ4v) is 3.18. The van der Waals surface area contributed by atoms with Gasteiger partial charge in [-0.05, 0) is 60.8 Å². The number of para-hydroxylation sites is 1. The molecule has 0 bridgehead atoms. The maximum Gasteiger partial charge on any atom is 0.173 e. The Labute approximate surface area is 143 Å². The van der Waals surface area contributed by atoms with Gasteiger partial charge in [0.1, 0.15) is 5.75 Å². The number of methoxy groups -OCH3 is 1. The average molecular weight is 326 g/mol. The Morgan fingerprint density at radius 2 is 1.91 bits per heavy atom. The first kappa shape index (κ1) is 15.8. The van der Waals surface area contributed by atoms with E-state index in [1.54, 1.807) is 7.11 Å². The Hall–Kier alpha value is -2.07. The molecule has 0 amide bonds. The van der Waals surface area contributed by atoms with Crippen LogP contribution in [0, 0.1) is 0 Å². The third-order valence-corrected chi connectivity index (χ3v) is 4.57. The van der Waals surface area contributed by atoms with Gasteiger partial charge < -0.3 is 15.0 Å². The molecule has 0 atom stereocenters. The van der Waals surface area contributed by atoms with Crippen molar-refractivity contribution in [3.63, 3.8) is 0 Å². The Morgan fingerprint density at radius 1 is 1.13 bits per heavy atom. The van der Waals surface area contributed by atoms with Crippen LogP contribution in [0.1, 0.15) is 24.0 Å². The van der Waals surface area contributed by atoms with Crippen molar-refractivity contribution in [2.24, 2.45) is 0 Å². The van der Waals surface area contributed by atoms with E-state index < -0.39 is 0 Å². The van der Waals surface area contributed by atoms with E-state index in [4.69, 9.17) is 17.0 Å². The lowest BCUT2D eigenvalue weighted by atomic mass is 10.1. The molecule has 1 heterocycles. The predicted octanol–water partition coefficient (Wildman–Crippen LogP) is 3.91. The van der Waals surface area contributed by atoms with Crippen LogP contribution in [0.2, 0.25) is 0 Å². The minimum Gasteiger partial charge on any atom is -0.497 e. The number of fused-ring (bicyclic) bond motifs is 1. The Kier molecular flexibility index (Phi) is 5.13. The zero-order valence-corrected chi connectivity index (χ0v) is 14.2. The highest BCUT2D eigenvalue weighted by Gasteiger charge is 2.17. The number of hydrogen-bond donors (Lipinski definition) is 1. The molecular formula is C19H22N2OS. The summed E-state index contributed by atoms with van der Waals surface area (Å²) in [4.78, 5) is 2.24. The number of ether oxygens (including phenoxy) is 1. The molecule has 1 aliphatic heterocycles. The highest BCUT2D eigenvalue weighted by molar-refractivity contribution is 7.80. The average Bonchev–Trinajstić information content (AvgIpc) is 2.82. The quantitative estimate of drug-likeness (QED) is 0.864. The van der Waals surface area contributed by atoms with Crippen LogP contribution in [0.5, 0.6) is 5.75 Å². The summed E-state index contributed by atoms with van der Waals surface area (Å²) in [6.07, 6.45) is 3.52. The number of aryl methyl sites for hydroxylation is 1. The van der Waals surface area contributed by atoms with Gasteiger partial charge in [0.2, 0.25) is 0 Å². The summed E-state index contributed by atoms with van der Waals surface area (Å²) < 4.78 is 5.19. The van der Waals surface area contributed by atoms with Gasteiger partial charge in [0.25, 0.3) is 0 Å². The van der Waals surface area contributed by atoms with Gasteiger partial charge in [-0.1, -0.05) is 30.3 Å².